The number of amides is 3. The first kappa shape index (κ1) is 25.6. The number of para-hydroxylation sites is 2. The minimum absolute atomic E-state index is 0.219. The third kappa shape index (κ3) is 5.92. The van der Waals surface area contributed by atoms with Gasteiger partial charge in [-0.15, -0.1) is 0 Å². The second-order valence-corrected chi connectivity index (χ2v) is 10.3. The van der Waals surface area contributed by atoms with Crippen LogP contribution in [0, 0.1) is 6.92 Å². The number of nitrogens with zero attached hydrogens (tertiary/aromatic N) is 3. The van der Waals surface area contributed by atoms with E-state index in [2.05, 4.69) is 23.1 Å². The molecule has 2 aliphatic heterocycles. The minimum atomic E-state index is -0.454. The fraction of sp³-hybridized carbons (Fsp3) is 0.233. The lowest BCUT2D eigenvalue weighted by Crippen LogP contribution is -2.51. The fourth-order valence-electron chi connectivity index (χ4n) is 4.56. The number of anilines is 1. The molecule has 0 radical (unpaired) electrons. The zero-order chi connectivity index (χ0) is 26.5. The van der Waals surface area contributed by atoms with Gasteiger partial charge >= 0.3 is 0 Å². The first-order valence-electron chi connectivity index (χ1n) is 12.6. The van der Waals surface area contributed by atoms with Gasteiger partial charge < -0.3 is 14.5 Å². The van der Waals surface area contributed by atoms with Crippen LogP contribution in [0.2, 0.25) is 0 Å². The monoisotopic (exact) mass is 527 g/mol. The van der Waals surface area contributed by atoms with E-state index in [-0.39, 0.29) is 17.4 Å². The maximum Gasteiger partial charge on any atom is 0.294 e. The molecule has 38 heavy (non-hydrogen) atoms. The molecule has 3 amide bonds. The van der Waals surface area contributed by atoms with E-state index >= 15 is 0 Å². The summed E-state index contributed by atoms with van der Waals surface area (Å²) in [6.07, 6.45) is 1.67. The van der Waals surface area contributed by atoms with Gasteiger partial charge in [-0.1, -0.05) is 66.2 Å². The summed E-state index contributed by atoms with van der Waals surface area (Å²) in [5.74, 6) is -0.0546. The summed E-state index contributed by atoms with van der Waals surface area (Å²) in [5, 5.41) is -0.435. The van der Waals surface area contributed by atoms with Gasteiger partial charge in [0.25, 0.3) is 11.1 Å². The van der Waals surface area contributed by atoms with Crippen LogP contribution >= 0.6 is 11.8 Å². The van der Waals surface area contributed by atoms with Gasteiger partial charge in [0.2, 0.25) is 5.91 Å². The zero-order valence-electron chi connectivity index (χ0n) is 21.2. The first-order chi connectivity index (χ1) is 18.5. The number of rotatable bonds is 7. The first-order valence-corrected chi connectivity index (χ1v) is 13.4. The number of hydrogen-bond donors (Lipinski definition) is 0. The average Bonchev–Trinajstić information content (AvgIpc) is 3.20. The molecule has 3 aromatic carbocycles. The van der Waals surface area contributed by atoms with Gasteiger partial charge in [0.15, 0.2) is 0 Å². The van der Waals surface area contributed by atoms with Gasteiger partial charge in [-0.2, -0.15) is 0 Å². The van der Waals surface area contributed by atoms with Gasteiger partial charge in [0.1, 0.15) is 18.9 Å². The molecule has 0 bridgehead atoms. The van der Waals surface area contributed by atoms with Crippen molar-refractivity contribution in [1.29, 1.82) is 0 Å². The van der Waals surface area contributed by atoms with Gasteiger partial charge in [0, 0.05) is 37.4 Å². The molecule has 0 N–H and O–H groups in total. The van der Waals surface area contributed by atoms with Crippen molar-refractivity contribution >= 4 is 40.6 Å². The summed E-state index contributed by atoms with van der Waals surface area (Å²) in [5.41, 5.74) is 4.02. The Morgan fingerprint density at radius 2 is 1.66 bits per heavy atom. The molecule has 0 unspecified atom stereocenters. The number of hydrogen-bond acceptors (Lipinski definition) is 6. The highest BCUT2D eigenvalue weighted by molar-refractivity contribution is 8.18. The van der Waals surface area contributed by atoms with Crippen LogP contribution in [0.3, 0.4) is 0 Å². The van der Waals surface area contributed by atoms with E-state index in [4.69, 9.17) is 4.74 Å². The number of ether oxygens (including phenoxy) is 1. The predicted octanol–water partition coefficient (Wildman–Crippen LogP) is 4.96. The summed E-state index contributed by atoms with van der Waals surface area (Å²) < 4.78 is 6.03. The van der Waals surface area contributed by atoms with Crippen molar-refractivity contribution in [2.75, 3.05) is 37.6 Å². The molecule has 0 aliphatic carbocycles. The molecule has 2 fully saturated rings. The van der Waals surface area contributed by atoms with Crippen LogP contribution in [-0.2, 0) is 16.2 Å². The zero-order valence-corrected chi connectivity index (χ0v) is 22.0. The second kappa shape index (κ2) is 11.6. The Morgan fingerprint density at radius 3 is 2.42 bits per heavy atom. The van der Waals surface area contributed by atoms with E-state index < -0.39 is 11.1 Å². The Balaban J connectivity index is 1.21. The van der Waals surface area contributed by atoms with Gasteiger partial charge in [-0.25, -0.2) is 0 Å². The van der Waals surface area contributed by atoms with Crippen molar-refractivity contribution in [3.63, 3.8) is 0 Å². The van der Waals surface area contributed by atoms with Crippen LogP contribution in [0.4, 0.5) is 10.5 Å². The molecular formula is C30H29N3O4S. The van der Waals surface area contributed by atoms with Crippen molar-refractivity contribution in [2.24, 2.45) is 0 Å². The van der Waals surface area contributed by atoms with Crippen molar-refractivity contribution in [3.05, 3.63) is 100 Å². The quantitative estimate of drug-likeness (QED) is 0.405. The average molecular weight is 528 g/mol. The van der Waals surface area contributed by atoms with E-state index in [1.54, 1.807) is 11.0 Å². The van der Waals surface area contributed by atoms with Crippen LogP contribution in [0.5, 0.6) is 5.75 Å². The van der Waals surface area contributed by atoms with Crippen LogP contribution in [0.1, 0.15) is 16.7 Å². The van der Waals surface area contributed by atoms with Crippen molar-refractivity contribution in [2.45, 2.75) is 13.5 Å². The number of carbonyl (C=O) groups is 3. The minimum Gasteiger partial charge on any atom is -0.488 e. The molecule has 2 saturated heterocycles. The number of aryl methyl sites for hydroxylation is 1. The Labute approximate surface area is 226 Å². The predicted molar refractivity (Wildman–Crippen MR) is 150 cm³/mol. The van der Waals surface area contributed by atoms with E-state index in [1.165, 1.54) is 0 Å². The van der Waals surface area contributed by atoms with Crippen molar-refractivity contribution in [3.8, 4) is 5.75 Å². The SMILES string of the molecule is Cc1cccc(COc2ccccc2/C=C2/SC(=O)N(CC(=O)N3CCN(c4ccccc4)CC3)C2=O)c1. The topological polar surface area (TPSA) is 70.2 Å². The van der Waals surface area contributed by atoms with E-state index in [9.17, 15) is 14.4 Å². The van der Waals surface area contributed by atoms with Crippen LogP contribution in [0.15, 0.2) is 83.8 Å². The third-order valence-corrected chi connectivity index (χ3v) is 7.51. The van der Waals surface area contributed by atoms with Crippen LogP contribution in [0.25, 0.3) is 6.08 Å². The van der Waals surface area contributed by atoms with Gasteiger partial charge in [-0.3, -0.25) is 19.3 Å². The number of carbonyl (C=O) groups excluding carboxylic acids is 3. The molecule has 2 heterocycles. The molecule has 3 aromatic rings. The molecule has 7 nitrogen and oxygen atoms in total. The number of piperazine rings is 1. The van der Waals surface area contributed by atoms with Crippen molar-refractivity contribution in [1.82, 2.24) is 9.80 Å². The molecular weight excluding hydrogens is 498 g/mol. The molecule has 0 spiro atoms. The Kier molecular flexibility index (Phi) is 7.79. The smallest absolute Gasteiger partial charge is 0.294 e. The molecule has 2 aliphatic rings. The highest BCUT2D eigenvalue weighted by atomic mass is 32.2. The van der Waals surface area contributed by atoms with Gasteiger partial charge in [-0.05, 0) is 48.5 Å². The van der Waals surface area contributed by atoms with Gasteiger partial charge in [0.05, 0.1) is 4.91 Å². The second-order valence-electron chi connectivity index (χ2n) is 9.29. The summed E-state index contributed by atoms with van der Waals surface area (Å²) in [7, 11) is 0. The number of imide groups is 1. The third-order valence-electron chi connectivity index (χ3n) is 6.60. The molecule has 8 heteroatoms. The molecule has 194 valence electrons. The molecule has 5 rings (SSSR count). The number of benzene rings is 3. The largest absolute Gasteiger partial charge is 0.488 e. The lowest BCUT2D eigenvalue weighted by Gasteiger charge is -2.36. The standard InChI is InChI=1S/C30H29N3O4S/c1-22-8-7-9-23(18-22)21-37-26-13-6-5-10-24(26)19-27-29(35)33(30(36)38-27)20-28(34)32-16-14-31(15-17-32)25-11-3-2-4-12-25/h2-13,18-19H,14-17,20-21H2,1H3/b27-19+. The number of thioether (sulfide) groups is 1. The van der Waals surface area contributed by atoms with Crippen molar-refractivity contribution < 1.29 is 19.1 Å². The summed E-state index contributed by atoms with van der Waals surface area (Å²) >= 11 is 0.852. The summed E-state index contributed by atoms with van der Waals surface area (Å²) in [4.78, 5) is 44.0. The highest BCUT2D eigenvalue weighted by Crippen LogP contribution is 2.34. The Bertz CT molecular complexity index is 1370. The molecule has 0 aromatic heterocycles. The summed E-state index contributed by atoms with van der Waals surface area (Å²) in [6, 6.07) is 25.6. The van der Waals surface area contributed by atoms with Crippen LogP contribution in [-0.4, -0.2) is 59.6 Å². The maximum atomic E-state index is 13.1. The molecule has 0 saturated carbocycles. The Morgan fingerprint density at radius 1 is 0.921 bits per heavy atom. The van der Waals surface area contributed by atoms with E-state index in [0.29, 0.717) is 44.1 Å². The maximum absolute atomic E-state index is 13.1. The molecule has 0 atom stereocenters. The normalized spacial score (nSPS) is 16.9. The fourth-order valence-corrected chi connectivity index (χ4v) is 5.39. The lowest BCUT2D eigenvalue weighted by atomic mass is 10.1. The Hall–Kier alpha value is -4.04. The van der Waals surface area contributed by atoms with Crippen LogP contribution < -0.4 is 9.64 Å². The summed E-state index contributed by atoms with van der Waals surface area (Å²) in [6.45, 7) is 4.67. The highest BCUT2D eigenvalue weighted by Gasteiger charge is 2.37. The van der Waals surface area contributed by atoms with E-state index in [1.807, 2.05) is 67.6 Å². The van der Waals surface area contributed by atoms with E-state index in [0.717, 1.165) is 33.5 Å². The lowest BCUT2D eigenvalue weighted by molar-refractivity contribution is -0.136.